The number of fused-ring (bicyclic) bond motifs is 2. The lowest BCUT2D eigenvalue weighted by Crippen LogP contribution is -2.16. The van der Waals surface area contributed by atoms with E-state index < -0.39 is 11.9 Å². The molecule has 8 heteroatoms. The summed E-state index contributed by atoms with van der Waals surface area (Å²) in [5, 5.41) is 0.322. The molecule has 0 aliphatic heterocycles. The van der Waals surface area contributed by atoms with Gasteiger partial charge in [-0.1, -0.05) is 29.4 Å². The van der Waals surface area contributed by atoms with Gasteiger partial charge in [0, 0.05) is 0 Å². The third-order valence-electron chi connectivity index (χ3n) is 4.12. The highest BCUT2D eigenvalue weighted by Gasteiger charge is 2.14. The Hall–Kier alpha value is -3.28. The number of benzene rings is 2. The highest BCUT2D eigenvalue weighted by Crippen LogP contribution is 2.23. The Morgan fingerprint density at radius 2 is 2.03 bits per heavy atom. The fraction of sp³-hybridized carbons (Fsp3) is 0.143. The van der Waals surface area contributed by atoms with Gasteiger partial charge in [-0.2, -0.15) is 4.99 Å². The molecule has 0 radical (unpaired) electrons. The first kappa shape index (κ1) is 19.1. The van der Waals surface area contributed by atoms with Crippen LogP contribution in [-0.4, -0.2) is 28.0 Å². The van der Waals surface area contributed by atoms with Crippen molar-refractivity contribution >= 4 is 55.0 Å². The number of carbonyl (C=O) groups excluding carboxylic acids is 2. The number of thiazole rings is 2. The molecule has 0 aliphatic rings. The van der Waals surface area contributed by atoms with Crippen molar-refractivity contribution in [3.63, 3.8) is 0 Å². The number of aromatic nitrogens is 2. The second-order valence-electron chi connectivity index (χ2n) is 5.98. The van der Waals surface area contributed by atoms with Gasteiger partial charge in [-0.3, -0.25) is 4.79 Å². The van der Waals surface area contributed by atoms with E-state index in [4.69, 9.17) is 11.2 Å². The predicted octanol–water partition coefficient (Wildman–Crippen LogP) is 3.86. The quantitative estimate of drug-likeness (QED) is 0.370. The lowest BCUT2D eigenvalue weighted by molar-refractivity contribution is 0.0526. The molecule has 4 rings (SSSR count). The van der Waals surface area contributed by atoms with E-state index in [1.807, 2.05) is 24.3 Å². The third kappa shape index (κ3) is 3.70. The summed E-state index contributed by atoms with van der Waals surface area (Å²) < 4.78 is 8.55. The summed E-state index contributed by atoms with van der Waals surface area (Å²) >= 11 is 2.59. The molecule has 0 saturated heterocycles. The summed E-state index contributed by atoms with van der Waals surface area (Å²) in [4.78, 5) is 33.8. The van der Waals surface area contributed by atoms with Gasteiger partial charge in [0.1, 0.15) is 0 Å². The van der Waals surface area contributed by atoms with Crippen LogP contribution in [0.2, 0.25) is 0 Å². The molecule has 0 N–H and O–H groups in total. The average Bonchev–Trinajstić information content (AvgIpc) is 3.30. The summed E-state index contributed by atoms with van der Waals surface area (Å²) in [5.41, 5.74) is 2.01. The van der Waals surface area contributed by atoms with Crippen LogP contribution in [-0.2, 0) is 11.3 Å². The van der Waals surface area contributed by atoms with E-state index in [0.29, 0.717) is 22.0 Å². The Morgan fingerprint density at radius 3 is 2.79 bits per heavy atom. The zero-order valence-corrected chi connectivity index (χ0v) is 17.0. The van der Waals surface area contributed by atoms with Crippen LogP contribution in [0.25, 0.3) is 20.4 Å². The average molecular weight is 422 g/mol. The minimum Gasteiger partial charge on any atom is -0.462 e. The zero-order chi connectivity index (χ0) is 20.4. The van der Waals surface area contributed by atoms with Crippen LogP contribution in [0.3, 0.4) is 0 Å². The van der Waals surface area contributed by atoms with E-state index >= 15 is 0 Å². The second-order valence-corrected chi connectivity index (χ2v) is 8.02. The highest BCUT2D eigenvalue weighted by atomic mass is 32.1. The third-order valence-corrected chi connectivity index (χ3v) is 6.18. The molecule has 2 heterocycles. The number of para-hydroxylation sites is 1. The van der Waals surface area contributed by atoms with Crippen LogP contribution in [0.4, 0.5) is 0 Å². The maximum atomic E-state index is 12.7. The fourth-order valence-corrected chi connectivity index (χ4v) is 4.76. The molecule has 0 saturated carbocycles. The number of esters is 1. The molecular formula is C21H15N3O3S2. The maximum absolute atomic E-state index is 12.7. The first-order valence-electron chi connectivity index (χ1n) is 8.79. The fourth-order valence-electron chi connectivity index (χ4n) is 2.84. The number of rotatable bonds is 4. The Morgan fingerprint density at radius 1 is 1.21 bits per heavy atom. The molecular weight excluding hydrogens is 406 g/mol. The van der Waals surface area contributed by atoms with Crippen LogP contribution in [0.1, 0.15) is 27.1 Å². The predicted molar refractivity (Wildman–Crippen MR) is 114 cm³/mol. The Kier molecular flexibility index (Phi) is 5.25. The largest absolute Gasteiger partial charge is 0.462 e. The zero-order valence-electron chi connectivity index (χ0n) is 15.4. The van der Waals surface area contributed by atoms with E-state index in [-0.39, 0.29) is 6.54 Å². The molecule has 0 unspecified atom stereocenters. The molecule has 0 fully saturated rings. The number of hydrogen-bond donors (Lipinski definition) is 0. The summed E-state index contributed by atoms with van der Waals surface area (Å²) in [5.74, 6) is 1.77. The molecule has 0 bridgehead atoms. The van der Waals surface area contributed by atoms with Crippen molar-refractivity contribution in [2.45, 2.75) is 13.5 Å². The van der Waals surface area contributed by atoms with Gasteiger partial charge >= 0.3 is 11.9 Å². The number of amides is 1. The number of ether oxygens (including phenoxy) is 1. The molecule has 0 atom stereocenters. The first-order valence-corrected chi connectivity index (χ1v) is 10.4. The van der Waals surface area contributed by atoms with Crippen LogP contribution >= 0.6 is 22.7 Å². The monoisotopic (exact) mass is 421 g/mol. The Labute approximate surface area is 174 Å². The molecule has 2 aromatic heterocycles. The normalized spacial score (nSPS) is 11.7. The summed E-state index contributed by atoms with van der Waals surface area (Å²) in [6.07, 6.45) is 5.51. The van der Waals surface area contributed by atoms with E-state index in [9.17, 15) is 9.59 Å². The molecule has 29 heavy (non-hydrogen) atoms. The van der Waals surface area contributed by atoms with Crippen molar-refractivity contribution in [3.8, 4) is 12.3 Å². The van der Waals surface area contributed by atoms with Crippen molar-refractivity contribution in [1.82, 2.24) is 9.55 Å². The van der Waals surface area contributed by atoms with E-state index in [0.717, 1.165) is 20.4 Å². The number of nitrogens with zero attached hydrogens (tertiary/aromatic N) is 3. The van der Waals surface area contributed by atoms with E-state index in [1.165, 1.54) is 22.7 Å². The Balaban J connectivity index is 1.80. The van der Waals surface area contributed by atoms with Crippen molar-refractivity contribution in [2.24, 2.45) is 4.99 Å². The SMILES string of the molecule is C#CCn1c(=NC(=O)c2nc3ccccc3s2)sc2cc(C(=O)OCC)ccc21. The minimum atomic E-state index is -0.422. The lowest BCUT2D eigenvalue weighted by Gasteiger charge is -2.03. The number of carbonyl (C=O) groups is 2. The van der Waals surface area contributed by atoms with Gasteiger partial charge < -0.3 is 9.30 Å². The van der Waals surface area contributed by atoms with E-state index in [2.05, 4.69) is 15.9 Å². The van der Waals surface area contributed by atoms with Gasteiger partial charge in [0.25, 0.3) is 0 Å². The summed E-state index contributed by atoms with van der Waals surface area (Å²) in [7, 11) is 0. The smallest absolute Gasteiger partial charge is 0.338 e. The van der Waals surface area contributed by atoms with Crippen molar-refractivity contribution in [1.29, 1.82) is 0 Å². The van der Waals surface area contributed by atoms with Gasteiger partial charge in [-0.05, 0) is 37.3 Å². The summed E-state index contributed by atoms with van der Waals surface area (Å²) in [6, 6.07) is 12.7. The highest BCUT2D eigenvalue weighted by molar-refractivity contribution is 7.20. The molecule has 6 nitrogen and oxygen atoms in total. The van der Waals surface area contributed by atoms with Crippen molar-refractivity contribution in [3.05, 3.63) is 57.8 Å². The van der Waals surface area contributed by atoms with Crippen LogP contribution in [0.5, 0.6) is 0 Å². The van der Waals surface area contributed by atoms with Gasteiger partial charge in [0.05, 0.1) is 39.1 Å². The second kappa shape index (κ2) is 7.99. The molecule has 0 spiro atoms. The van der Waals surface area contributed by atoms with Gasteiger partial charge in [-0.25, -0.2) is 9.78 Å². The van der Waals surface area contributed by atoms with Crippen molar-refractivity contribution < 1.29 is 14.3 Å². The topological polar surface area (TPSA) is 73.5 Å². The lowest BCUT2D eigenvalue weighted by atomic mass is 10.2. The molecule has 1 amide bonds. The van der Waals surface area contributed by atoms with E-state index in [1.54, 1.807) is 29.7 Å². The first-order chi connectivity index (χ1) is 14.1. The number of terminal acetylenes is 1. The van der Waals surface area contributed by atoms with Crippen LogP contribution in [0.15, 0.2) is 47.5 Å². The molecule has 144 valence electrons. The van der Waals surface area contributed by atoms with Crippen LogP contribution in [0, 0.1) is 12.3 Å². The van der Waals surface area contributed by atoms with Crippen LogP contribution < -0.4 is 4.80 Å². The molecule has 0 aliphatic carbocycles. The molecule has 2 aromatic carbocycles. The Bertz CT molecular complexity index is 1320. The summed E-state index contributed by atoms with van der Waals surface area (Å²) in [6.45, 7) is 2.31. The molecule has 4 aromatic rings. The van der Waals surface area contributed by atoms with Gasteiger partial charge in [-0.15, -0.1) is 17.8 Å². The van der Waals surface area contributed by atoms with Gasteiger partial charge in [0.15, 0.2) is 9.81 Å². The minimum absolute atomic E-state index is 0.255. The standard InChI is InChI=1S/C21H15N3O3S2/c1-3-11-24-15-10-9-13(20(26)27-4-2)12-17(15)29-21(24)23-18(25)19-22-14-7-5-6-8-16(14)28-19/h1,5-10,12H,4,11H2,2H3. The van der Waals surface area contributed by atoms with Gasteiger partial charge in [0.2, 0.25) is 0 Å². The maximum Gasteiger partial charge on any atom is 0.338 e. The van der Waals surface area contributed by atoms with Crippen molar-refractivity contribution in [2.75, 3.05) is 6.61 Å². The number of hydrogen-bond acceptors (Lipinski definition) is 6.